The van der Waals surface area contributed by atoms with Crippen LogP contribution in [-0.2, 0) is 0 Å². The minimum Gasteiger partial charge on any atom is -0.287 e. The highest BCUT2D eigenvalue weighted by Gasteiger charge is 2.17. The molecule has 0 unspecified atom stereocenters. The molecule has 0 radical (unpaired) electrons. The summed E-state index contributed by atoms with van der Waals surface area (Å²) in [4.78, 5) is 16.9. The van der Waals surface area contributed by atoms with E-state index in [0.29, 0.717) is 11.3 Å². The second-order valence-electron chi connectivity index (χ2n) is 4.44. The molecule has 2 aromatic heterocycles. The van der Waals surface area contributed by atoms with Crippen LogP contribution in [0.5, 0.6) is 0 Å². The maximum Gasteiger partial charge on any atom is 0.211 e. The van der Waals surface area contributed by atoms with Gasteiger partial charge in [-0.25, -0.2) is 4.98 Å². The number of fused-ring (bicyclic) bond motifs is 1. The number of aromatic nitrogens is 2. The molecule has 0 spiro atoms. The van der Waals surface area contributed by atoms with Crippen molar-refractivity contribution in [3.05, 3.63) is 68.5 Å². The maximum absolute atomic E-state index is 12.6. The van der Waals surface area contributed by atoms with E-state index in [9.17, 15) is 4.79 Å². The van der Waals surface area contributed by atoms with Crippen LogP contribution in [-0.4, -0.2) is 15.2 Å². The molecule has 0 atom stereocenters. The molecule has 3 rings (SSSR count). The van der Waals surface area contributed by atoms with Crippen molar-refractivity contribution in [2.45, 2.75) is 6.92 Å². The van der Waals surface area contributed by atoms with Crippen LogP contribution < -0.4 is 0 Å². The van der Waals surface area contributed by atoms with Crippen LogP contribution in [0.4, 0.5) is 0 Å². The quantitative estimate of drug-likeness (QED) is 0.477. The monoisotopic (exact) mass is 392 g/mol. The Morgan fingerprint density at radius 2 is 1.90 bits per heavy atom. The summed E-state index contributed by atoms with van der Waals surface area (Å²) in [5, 5.41) is 0. The summed E-state index contributed by atoms with van der Waals surface area (Å²) in [5.74, 6) is -0.0412. The number of imidazole rings is 1. The maximum atomic E-state index is 12.6. The van der Waals surface area contributed by atoms with E-state index in [0.717, 1.165) is 20.3 Å². The normalized spacial score (nSPS) is 10.9. The van der Waals surface area contributed by atoms with E-state index in [4.69, 9.17) is 0 Å². The van der Waals surface area contributed by atoms with Crippen LogP contribution in [0.1, 0.15) is 21.6 Å². The third-order valence-corrected chi connectivity index (χ3v) is 4.95. The summed E-state index contributed by atoms with van der Waals surface area (Å²) >= 11 is 7.03. The van der Waals surface area contributed by atoms with Crippen LogP contribution in [0.15, 0.2) is 51.7 Å². The molecule has 0 N–H and O–H groups in total. The lowest BCUT2D eigenvalue weighted by atomic mass is 10.1. The number of hydrogen-bond donors (Lipinski definition) is 0. The van der Waals surface area contributed by atoms with Crippen molar-refractivity contribution in [3.8, 4) is 0 Å². The topological polar surface area (TPSA) is 34.4 Å². The van der Waals surface area contributed by atoms with Crippen molar-refractivity contribution in [2.24, 2.45) is 0 Å². The Bertz CT molecular complexity index is 810. The number of carbonyl (C=O) groups is 1. The predicted octanol–water partition coefficient (Wildman–Crippen LogP) is 4.40. The first-order valence-corrected chi connectivity index (χ1v) is 7.60. The molecule has 1 aromatic carbocycles. The Kier molecular flexibility index (Phi) is 3.48. The molecular formula is C15H10Br2N2O. The fourth-order valence-corrected chi connectivity index (χ4v) is 3.30. The second kappa shape index (κ2) is 5.14. The van der Waals surface area contributed by atoms with Gasteiger partial charge in [-0.1, -0.05) is 46.3 Å². The Labute approximate surface area is 132 Å². The average molecular weight is 394 g/mol. The van der Waals surface area contributed by atoms with Crippen LogP contribution in [0.2, 0.25) is 0 Å². The number of benzene rings is 1. The fraction of sp³-hybridized carbons (Fsp3) is 0.0667. The molecule has 2 heterocycles. The molecule has 0 saturated carbocycles. The lowest BCUT2D eigenvalue weighted by Gasteiger charge is -2.08. The standard InChI is InChI=1S/C15H10Br2N2O/c1-9-11(16)7-13-18-8-12(19(13)15(9)17)14(20)10-5-3-2-4-6-10/h2-8H,1H3. The summed E-state index contributed by atoms with van der Waals surface area (Å²) in [7, 11) is 0. The summed E-state index contributed by atoms with van der Waals surface area (Å²) in [6.45, 7) is 1.98. The van der Waals surface area contributed by atoms with Gasteiger partial charge in [0.2, 0.25) is 5.78 Å². The fourth-order valence-electron chi connectivity index (χ4n) is 2.06. The first-order chi connectivity index (χ1) is 9.59. The highest BCUT2D eigenvalue weighted by atomic mass is 79.9. The van der Waals surface area contributed by atoms with Crippen molar-refractivity contribution < 1.29 is 4.79 Å². The van der Waals surface area contributed by atoms with Crippen LogP contribution in [0.3, 0.4) is 0 Å². The number of nitrogens with zero attached hydrogens (tertiary/aromatic N) is 2. The Morgan fingerprint density at radius 3 is 2.60 bits per heavy atom. The lowest BCUT2D eigenvalue weighted by Crippen LogP contribution is -2.06. The van der Waals surface area contributed by atoms with Crippen LogP contribution in [0, 0.1) is 6.92 Å². The van der Waals surface area contributed by atoms with Gasteiger partial charge in [0.25, 0.3) is 0 Å². The molecule has 0 aliphatic rings. The Morgan fingerprint density at radius 1 is 1.20 bits per heavy atom. The highest BCUT2D eigenvalue weighted by molar-refractivity contribution is 9.11. The van der Waals surface area contributed by atoms with Gasteiger partial charge in [0.1, 0.15) is 11.3 Å². The summed E-state index contributed by atoms with van der Waals surface area (Å²) in [5.41, 5.74) is 2.96. The minimum atomic E-state index is -0.0412. The molecule has 3 aromatic rings. The van der Waals surface area contributed by atoms with Gasteiger partial charge in [0.15, 0.2) is 0 Å². The molecule has 3 nitrogen and oxygen atoms in total. The largest absolute Gasteiger partial charge is 0.287 e. The molecule has 0 fully saturated rings. The van der Waals surface area contributed by atoms with Crippen LogP contribution in [0.25, 0.3) is 5.65 Å². The highest BCUT2D eigenvalue weighted by Crippen LogP contribution is 2.28. The number of ketones is 1. The number of pyridine rings is 1. The van der Waals surface area contributed by atoms with Gasteiger partial charge in [0.05, 0.1) is 10.8 Å². The minimum absolute atomic E-state index is 0.0412. The lowest BCUT2D eigenvalue weighted by molar-refractivity contribution is 0.103. The van der Waals surface area contributed by atoms with E-state index < -0.39 is 0 Å². The first-order valence-electron chi connectivity index (χ1n) is 6.01. The SMILES string of the molecule is Cc1c(Br)cc2ncc(C(=O)c3ccccc3)n2c1Br. The molecular weight excluding hydrogens is 384 g/mol. The molecule has 0 bridgehead atoms. The van der Waals surface area contributed by atoms with Crippen LogP contribution >= 0.6 is 31.9 Å². The third-order valence-electron chi connectivity index (χ3n) is 3.18. The zero-order chi connectivity index (χ0) is 14.3. The Balaban J connectivity index is 2.23. The smallest absolute Gasteiger partial charge is 0.211 e. The molecule has 0 saturated heterocycles. The van der Waals surface area contributed by atoms with Gasteiger partial charge >= 0.3 is 0 Å². The average Bonchev–Trinajstić information content (AvgIpc) is 2.88. The third kappa shape index (κ3) is 2.11. The van der Waals surface area contributed by atoms with Gasteiger partial charge in [-0.05, 0) is 34.5 Å². The second-order valence-corrected chi connectivity index (χ2v) is 6.05. The van der Waals surface area contributed by atoms with E-state index in [-0.39, 0.29) is 5.78 Å². The van der Waals surface area contributed by atoms with Crippen molar-refractivity contribution in [2.75, 3.05) is 0 Å². The molecule has 0 amide bonds. The first kappa shape index (κ1) is 13.5. The number of halogens is 2. The predicted molar refractivity (Wildman–Crippen MR) is 85.2 cm³/mol. The summed E-state index contributed by atoms with van der Waals surface area (Å²) < 4.78 is 3.62. The Hall–Kier alpha value is -1.46. The van der Waals surface area contributed by atoms with Gasteiger partial charge in [-0.15, -0.1) is 0 Å². The van der Waals surface area contributed by atoms with E-state index in [1.54, 1.807) is 18.3 Å². The van der Waals surface area contributed by atoms with Crippen molar-refractivity contribution in [3.63, 3.8) is 0 Å². The van der Waals surface area contributed by atoms with Crippen molar-refractivity contribution in [1.29, 1.82) is 0 Å². The molecule has 20 heavy (non-hydrogen) atoms. The molecule has 100 valence electrons. The van der Waals surface area contributed by atoms with E-state index in [2.05, 4.69) is 36.8 Å². The molecule has 0 aliphatic heterocycles. The van der Waals surface area contributed by atoms with Gasteiger partial charge < -0.3 is 0 Å². The molecule has 0 aliphatic carbocycles. The van der Waals surface area contributed by atoms with E-state index in [1.807, 2.05) is 35.6 Å². The van der Waals surface area contributed by atoms with Gasteiger partial charge in [-0.3, -0.25) is 9.20 Å². The van der Waals surface area contributed by atoms with Gasteiger partial charge in [0, 0.05) is 10.0 Å². The number of rotatable bonds is 2. The number of hydrogen-bond acceptors (Lipinski definition) is 2. The van der Waals surface area contributed by atoms with E-state index in [1.165, 1.54) is 0 Å². The summed E-state index contributed by atoms with van der Waals surface area (Å²) in [6.07, 6.45) is 1.61. The zero-order valence-corrected chi connectivity index (χ0v) is 13.8. The van der Waals surface area contributed by atoms with Gasteiger partial charge in [-0.2, -0.15) is 0 Å². The zero-order valence-electron chi connectivity index (χ0n) is 10.6. The van der Waals surface area contributed by atoms with E-state index >= 15 is 0 Å². The van der Waals surface area contributed by atoms with Crippen molar-refractivity contribution in [1.82, 2.24) is 9.38 Å². The van der Waals surface area contributed by atoms with Crippen molar-refractivity contribution >= 4 is 43.3 Å². The summed E-state index contributed by atoms with van der Waals surface area (Å²) in [6, 6.07) is 11.1. The molecule has 5 heteroatoms. The number of carbonyl (C=O) groups excluding carboxylic acids is 1.